The fourth-order valence-electron chi connectivity index (χ4n) is 2.04. The summed E-state index contributed by atoms with van der Waals surface area (Å²) in [5.74, 6) is 0.0769. The number of hydrogen-bond donors (Lipinski definition) is 1. The molecular weight excluding hydrogens is 404 g/mol. The maximum absolute atomic E-state index is 12.6. The minimum atomic E-state index is -4.43. The molecule has 0 fully saturated rings. The average molecular weight is 419 g/mol. The van der Waals surface area contributed by atoms with E-state index in [9.17, 15) is 18.0 Å². The fourth-order valence-corrected chi connectivity index (χ4v) is 2.50. The second-order valence-electron chi connectivity index (χ2n) is 5.44. The van der Waals surface area contributed by atoms with Crippen molar-refractivity contribution in [3.63, 3.8) is 0 Å². The maximum atomic E-state index is 12.6. The Balaban J connectivity index is 1.74. The number of carbonyl (C=O) groups excluding carboxylic acids is 1. The Hall–Kier alpha value is -2.25. The van der Waals surface area contributed by atoms with E-state index in [1.165, 1.54) is 12.1 Å². The number of halogens is 5. The van der Waals surface area contributed by atoms with Gasteiger partial charge in [-0.2, -0.15) is 18.3 Å². The van der Waals surface area contributed by atoms with Crippen molar-refractivity contribution in [2.75, 3.05) is 6.61 Å². The van der Waals surface area contributed by atoms with Gasteiger partial charge in [-0.1, -0.05) is 35.3 Å². The highest BCUT2D eigenvalue weighted by atomic mass is 35.5. The molecule has 1 amide bonds. The van der Waals surface area contributed by atoms with Crippen LogP contribution in [0.5, 0.6) is 5.75 Å². The predicted molar refractivity (Wildman–Crippen MR) is 98.4 cm³/mol. The fraction of sp³-hybridized carbons (Fsp3) is 0.222. The number of nitrogens with one attached hydrogen (secondary N) is 1. The maximum Gasteiger partial charge on any atom is 0.416 e. The number of alkyl halides is 3. The molecule has 0 radical (unpaired) electrons. The smallest absolute Gasteiger partial charge is 0.416 e. The first kappa shape index (κ1) is 21.1. The molecule has 27 heavy (non-hydrogen) atoms. The Labute approximate surface area is 163 Å². The Kier molecular flexibility index (Phi) is 7.50. The van der Waals surface area contributed by atoms with Crippen molar-refractivity contribution >= 4 is 35.3 Å². The van der Waals surface area contributed by atoms with Gasteiger partial charge in [0, 0.05) is 11.4 Å². The number of hydrazone groups is 1. The van der Waals surface area contributed by atoms with E-state index in [-0.39, 0.29) is 24.5 Å². The molecule has 0 unspecified atom stereocenters. The van der Waals surface area contributed by atoms with Gasteiger partial charge in [0.2, 0.25) is 5.91 Å². The van der Waals surface area contributed by atoms with Crippen LogP contribution in [0.15, 0.2) is 47.6 Å². The molecule has 144 valence electrons. The van der Waals surface area contributed by atoms with Crippen LogP contribution in [0.3, 0.4) is 0 Å². The van der Waals surface area contributed by atoms with E-state index < -0.39 is 11.7 Å². The molecule has 0 aliphatic carbocycles. The molecule has 0 saturated heterocycles. The third-order valence-electron chi connectivity index (χ3n) is 3.32. The topological polar surface area (TPSA) is 50.7 Å². The number of hydrogen-bond acceptors (Lipinski definition) is 3. The lowest BCUT2D eigenvalue weighted by Crippen LogP contribution is -2.18. The van der Waals surface area contributed by atoms with E-state index >= 15 is 0 Å². The van der Waals surface area contributed by atoms with Crippen molar-refractivity contribution in [2.45, 2.75) is 19.0 Å². The monoisotopic (exact) mass is 418 g/mol. The van der Waals surface area contributed by atoms with E-state index in [1.54, 1.807) is 18.2 Å². The molecule has 0 heterocycles. The summed E-state index contributed by atoms with van der Waals surface area (Å²) >= 11 is 11.7. The quantitative estimate of drug-likeness (QED) is 0.375. The Morgan fingerprint density at radius 3 is 2.67 bits per heavy atom. The number of ether oxygens (including phenoxy) is 1. The molecule has 1 N–H and O–H groups in total. The van der Waals surface area contributed by atoms with Crippen molar-refractivity contribution in [3.05, 3.63) is 63.6 Å². The standard InChI is InChI=1S/C18H15Cl2F3N2O2/c19-14-6-7-16(15(20)10-14)27-8-2-5-17(26)25-24-11-12-3-1-4-13(9-12)18(21,22)23/h1,3-4,6-7,9-11H,2,5,8H2,(H,25,26). The number of carbonyl (C=O) groups is 1. The summed E-state index contributed by atoms with van der Waals surface area (Å²) in [5.41, 5.74) is 1.70. The molecule has 0 aliphatic rings. The minimum absolute atomic E-state index is 0.130. The van der Waals surface area contributed by atoms with Gasteiger partial charge < -0.3 is 4.74 Å². The molecule has 0 bridgehead atoms. The molecule has 0 spiro atoms. The summed E-state index contributed by atoms with van der Waals surface area (Å²) in [4.78, 5) is 11.7. The lowest BCUT2D eigenvalue weighted by atomic mass is 10.1. The summed E-state index contributed by atoms with van der Waals surface area (Å²) in [6.07, 6.45) is -2.74. The summed E-state index contributed by atoms with van der Waals surface area (Å²) in [6, 6.07) is 9.44. The van der Waals surface area contributed by atoms with Gasteiger partial charge in [-0.25, -0.2) is 5.43 Å². The van der Waals surface area contributed by atoms with Crippen LogP contribution in [0.2, 0.25) is 10.0 Å². The summed E-state index contributed by atoms with van der Waals surface area (Å²) < 4.78 is 43.3. The second kappa shape index (κ2) is 9.62. The van der Waals surface area contributed by atoms with Crippen LogP contribution in [-0.2, 0) is 11.0 Å². The van der Waals surface area contributed by atoms with Crippen molar-refractivity contribution in [2.24, 2.45) is 5.10 Å². The lowest BCUT2D eigenvalue weighted by Gasteiger charge is -2.08. The molecule has 0 aliphatic heterocycles. The van der Waals surface area contributed by atoms with Crippen molar-refractivity contribution in [3.8, 4) is 5.75 Å². The summed E-state index contributed by atoms with van der Waals surface area (Å²) in [5, 5.41) is 4.52. The Bertz CT molecular complexity index is 826. The summed E-state index contributed by atoms with van der Waals surface area (Å²) in [6.45, 7) is 0.256. The van der Waals surface area contributed by atoms with Crippen LogP contribution in [0.25, 0.3) is 0 Å². The largest absolute Gasteiger partial charge is 0.492 e. The zero-order valence-corrected chi connectivity index (χ0v) is 15.4. The van der Waals surface area contributed by atoms with Crippen molar-refractivity contribution < 1.29 is 22.7 Å². The van der Waals surface area contributed by atoms with E-state index in [0.717, 1.165) is 18.3 Å². The van der Waals surface area contributed by atoms with Crippen LogP contribution in [0.4, 0.5) is 13.2 Å². The molecule has 0 aromatic heterocycles. The minimum Gasteiger partial charge on any atom is -0.492 e. The van der Waals surface area contributed by atoms with Gasteiger partial charge in [-0.05, 0) is 42.3 Å². The van der Waals surface area contributed by atoms with E-state index in [1.807, 2.05) is 0 Å². The predicted octanol–water partition coefficient (Wildman–Crippen LogP) is 5.32. The third kappa shape index (κ3) is 7.11. The van der Waals surface area contributed by atoms with Gasteiger partial charge in [-0.15, -0.1) is 0 Å². The molecule has 4 nitrogen and oxygen atoms in total. The highest BCUT2D eigenvalue weighted by Gasteiger charge is 2.30. The van der Waals surface area contributed by atoms with E-state index in [2.05, 4.69) is 10.5 Å². The van der Waals surface area contributed by atoms with Crippen LogP contribution in [0, 0.1) is 0 Å². The first-order chi connectivity index (χ1) is 12.8. The van der Waals surface area contributed by atoms with Gasteiger partial charge in [0.05, 0.1) is 23.4 Å². The van der Waals surface area contributed by atoms with Gasteiger partial charge >= 0.3 is 6.18 Å². The van der Waals surface area contributed by atoms with Crippen LogP contribution >= 0.6 is 23.2 Å². The highest BCUT2D eigenvalue weighted by Crippen LogP contribution is 2.29. The van der Waals surface area contributed by atoms with Gasteiger partial charge in [0.1, 0.15) is 5.75 Å². The molecule has 2 aromatic carbocycles. The molecule has 2 rings (SSSR count). The third-order valence-corrected chi connectivity index (χ3v) is 3.85. The molecule has 9 heteroatoms. The number of rotatable bonds is 7. The highest BCUT2D eigenvalue weighted by molar-refractivity contribution is 6.35. The molecular formula is C18H15Cl2F3N2O2. The average Bonchev–Trinajstić information content (AvgIpc) is 2.60. The van der Waals surface area contributed by atoms with Crippen molar-refractivity contribution in [1.82, 2.24) is 5.43 Å². The number of amides is 1. The van der Waals surface area contributed by atoms with Crippen LogP contribution in [0.1, 0.15) is 24.0 Å². The van der Waals surface area contributed by atoms with Gasteiger partial charge in [-0.3, -0.25) is 4.79 Å². The molecule has 2 aromatic rings. The SMILES string of the molecule is O=C(CCCOc1ccc(Cl)cc1Cl)NN=Cc1cccc(C(F)(F)F)c1. The van der Waals surface area contributed by atoms with Crippen LogP contribution < -0.4 is 10.2 Å². The van der Waals surface area contributed by atoms with E-state index in [4.69, 9.17) is 27.9 Å². The number of nitrogens with zero attached hydrogens (tertiary/aromatic N) is 1. The number of benzene rings is 2. The lowest BCUT2D eigenvalue weighted by molar-refractivity contribution is -0.137. The van der Waals surface area contributed by atoms with Gasteiger partial charge in [0.25, 0.3) is 0 Å². The zero-order valence-electron chi connectivity index (χ0n) is 13.9. The van der Waals surface area contributed by atoms with E-state index in [0.29, 0.717) is 22.2 Å². The first-order valence-electron chi connectivity index (χ1n) is 7.83. The van der Waals surface area contributed by atoms with Crippen molar-refractivity contribution in [1.29, 1.82) is 0 Å². The zero-order chi connectivity index (χ0) is 19.9. The summed E-state index contributed by atoms with van der Waals surface area (Å²) in [7, 11) is 0. The Morgan fingerprint density at radius 2 is 1.96 bits per heavy atom. The normalized spacial score (nSPS) is 11.6. The van der Waals surface area contributed by atoms with Gasteiger partial charge in [0.15, 0.2) is 0 Å². The second-order valence-corrected chi connectivity index (χ2v) is 6.29. The molecule has 0 saturated carbocycles. The van der Waals surface area contributed by atoms with Crippen LogP contribution in [-0.4, -0.2) is 18.7 Å². The first-order valence-corrected chi connectivity index (χ1v) is 8.58. The molecule has 0 atom stereocenters. The Morgan fingerprint density at radius 1 is 1.19 bits per heavy atom.